The van der Waals surface area contributed by atoms with Gasteiger partial charge in [0.25, 0.3) is 11.8 Å². The lowest BCUT2D eigenvalue weighted by atomic mass is 10.2. The number of amides is 2. The van der Waals surface area contributed by atoms with E-state index in [-0.39, 0.29) is 11.7 Å². The van der Waals surface area contributed by atoms with Gasteiger partial charge in [-0.3, -0.25) is 25.8 Å². The number of halogens is 2. The molecule has 0 radical (unpaired) electrons. The number of thiocarbonyl (C=S) groups is 1. The standard InChI is InChI=1S/C25H23Br2N3O5S/c1-16-12-18(26)14-21(27)23(16)35-15-22(31)29-30-25(36)28-24(32)17-6-5-9-20(13-17)34-11-10-33-19-7-3-2-4-8-19/h2-9,12-14H,10-11,15H2,1H3,(H,29,31)(H2,28,30,32,36). The van der Waals surface area contributed by atoms with Gasteiger partial charge in [-0.2, -0.15) is 0 Å². The van der Waals surface area contributed by atoms with Crippen molar-refractivity contribution in [3.05, 3.63) is 86.8 Å². The van der Waals surface area contributed by atoms with Gasteiger partial charge in [0.2, 0.25) is 0 Å². The molecule has 0 fully saturated rings. The van der Waals surface area contributed by atoms with Crippen LogP contribution in [0.3, 0.4) is 0 Å². The number of rotatable bonds is 9. The van der Waals surface area contributed by atoms with Crippen LogP contribution in [0, 0.1) is 6.92 Å². The highest BCUT2D eigenvalue weighted by Gasteiger charge is 2.12. The highest BCUT2D eigenvalue weighted by atomic mass is 79.9. The van der Waals surface area contributed by atoms with Crippen LogP contribution in [0.2, 0.25) is 0 Å². The number of aryl methyl sites for hydroxylation is 1. The van der Waals surface area contributed by atoms with Crippen LogP contribution >= 0.6 is 44.1 Å². The van der Waals surface area contributed by atoms with Crippen LogP contribution in [-0.2, 0) is 4.79 Å². The van der Waals surface area contributed by atoms with E-state index < -0.39 is 11.8 Å². The fourth-order valence-electron chi connectivity index (χ4n) is 2.94. The third-order valence-corrected chi connectivity index (χ3v) is 5.80. The Morgan fingerprint density at radius 2 is 1.56 bits per heavy atom. The van der Waals surface area contributed by atoms with E-state index in [0.717, 1.165) is 15.8 Å². The summed E-state index contributed by atoms with van der Waals surface area (Å²) in [6.45, 7) is 2.28. The SMILES string of the molecule is Cc1cc(Br)cc(Br)c1OCC(=O)NNC(=S)NC(=O)c1cccc(OCCOc2ccccc2)c1. The zero-order chi connectivity index (χ0) is 25.9. The second-order valence-corrected chi connectivity index (χ2v) is 9.49. The lowest BCUT2D eigenvalue weighted by molar-refractivity contribution is -0.123. The molecule has 0 atom stereocenters. The zero-order valence-corrected chi connectivity index (χ0v) is 23.2. The van der Waals surface area contributed by atoms with E-state index in [0.29, 0.717) is 34.7 Å². The maximum atomic E-state index is 12.5. The summed E-state index contributed by atoms with van der Waals surface area (Å²) in [6, 6.07) is 19.8. The van der Waals surface area contributed by atoms with Crippen LogP contribution < -0.4 is 30.4 Å². The van der Waals surface area contributed by atoms with Gasteiger partial charge in [0, 0.05) is 10.0 Å². The third kappa shape index (κ3) is 8.81. The van der Waals surface area contributed by atoms with E-state index in [4.69, 9.17) is 26.4 Å². The summed E-state index contributed by atoms with van der Waals surface area (Å²) in [5, 5.41) is 2.43. The number of hydrazine groups is 1. The van der Waals surface area contributed by atoms with E-state index in [1.807, 2.05) is 49.4 Å². The van der Waals surface area contributed by atoms with E-state index in [9.17, 15) is 9.59 Å². The molecule has 3 rings (SSSR count). The van der Waals surface area contributed by atoms with Crippen molar-refractivity contribution < 1.29 is 23.8 Å². The Morgan fingerprint density at radius 3 is 2.28 bits per heavy atom. The van der Waals surface area contributed by atoms with Crippen molar-refractivity contribution in [3.63, 3.8) is 0 Å². The Hall–Kier alpha value is -3.15. The molecule has 0 heterocycles. The molecule has 0 aromatic heterocycles. The first-order valence-electron chi connectivity index (χ1n) is 10.7. The van der Waals surface area contributed by atoms with Gasteiger partial charge in [0.05, 0.1) is 4.47 Å². The zero-order valence-electron chi connectivity index (χ0n) is 19.2. The first kappa shape index (κ1) is 27.4. The molecule has 0 bridgehead atoms. The largest absolute Gasteiger partial charge is 0.490 e. The molecule has 36 heavy (non-hydrogen) atoms. The molecule has 0 saturated carbocycles. The lowest BCUT2D eigenvalue weighted by Gasteiger charge is -2.14. The molecule has 0 aliphatic carbocycles. The fourth-order valence-corrected chi connectivity index (χ4v) is 4.64. The smallest absolute Gasteiger partial charge is 0.276 e. The average Bonchev–Trinajstić information content (AvgIpc) is 2.85. The van der Waals surface area contributed by atoms with Crippen LogP contribution in [-0.4, -0.2) is 36.7 Å². The van der Waals surface area contributed by atoms with Gasteiger partial charge >= 0.3 is 0 Å². The van der Waals surface area contributed by atoms with Crippen molar-refractivity contribution in [2.24, 2.45) is 0 Å². The van der Waals surface area contributed by atoms with Gasteiger partial charge < -0.3 is 14.2 Å². The maximum Gasteiger partial charge on any atom is 0.276 e. The summed E-state index contributed by atoms with van der Waals surface area (Å²) < 4.78 is 18.4. The molecular weight excluding hydrogens is 614 g/mol. The topological polar surface area (TPSA) is 97.9 Å². The fraction of sp³-hybridized carbons (Fsp3) is 0.160. The van der Waals surface area contributed by atoms with Crippen molar-refractivity contribution in [3.8, 4) is 17.2 Å². The Balaban J connectivity index is 1.40. The first-order chi connectivity index (χ1) is 17.3. The Labute approximate surface area is 230 Å². The monoisotopic (exact) mass is 635 g/mol. The Kier molecular flexibility index (Phi) is 10.5. The Morgan fingerprint density at radius 1 is 0.861 bits per heavy atom. The van der Waals surface area contributed by atoms with Crippen LogP contribution in [0.5, 0.6) is 17.2 Å². The molecule has 8 nitrogen and oxygen atoms in total. The molecule has 3 aromatic rings. The summed E-state index contributed by atoms with van der Waals surface area (Å²) in [6.07, 6.45) is 0. The Bertz CT molecular complexity index is 1200. The van der Waals surface area contributed by atoms with Crippen molar-refractivity contribution in [1.82, 2.24) is 16.2 Å². The van der Waals surface area contributed by atoms with Crippen LogP contribution in [0.15, 0.2) is 75.7 Å². The van der Waals surface area contributed by atoms with Gasteiger partial charge in [-0.15, -0.1) is 0 Å². The lowest BCUT2D eigenvalue weighted by Crippen LogP contribution is -2.49. The number of hydrogen-bond donors (Lipinski definition) is 3. The minimum Gasteiger partial charge on any atom is -0.490 e. The molecule has 0 aliphatic heterocycles. The molecule has 11 heteroatoms. The highest BCUT2D eigenvalue weighted by molar-refractivity contribution is 9.11. The number of para-hydroxylation sites is 1. The van der Waals surface area contributed by atoms with Gasteiger partial charge in [0.1, 0.15) is 30.5 Å². The normalized spacial score (nSPS) is 10.2. The predicted octanol–water partition coefficient (Wildman–Crippen LogP) is 4.69. The molecule has 2 amide bonds. The maximum absolute atomic E-state index is 12.5. The number of carbonyl (C=O) groups excluding carboxylic acids is 2. The van der Waals surface area contributed by atoms with E-state index >= 15 is 0 Å². The van der Waals surface area contributed by atoms with Crippen LogP contribution in [0.25, 0.3) is 0 Å². The van der Waals surface area contributed by atoms with E-state index in [2.05, 4.69) is 48.0 Å². The van der Waals surface area contributed by atoms with Crippen molar-refractivity contribution in [1.29, 1.82) is 0 Å². The van der Waals surface area contributed by atoms with Gasteiger partial charge in [0.15, 0.2) is 11.7 Å². The predicted molar refractivity (Wildman–Crippen MR) is 147 cm³/mol. The summed E-state index contributed by atoms with van der Waals surface area (Å²) in [5.41, 5.74) is 6.06. The minimum absolute atomic E-state index is 0.0723. The molecule has 3 aromatic carbocycles. The van der Waals surface area contributed by atoms with E-state index in [1.54, 1.807) is 24.3 Å². The quantitative estimate of drug-likeness (QED) is 0.178. The minimum atomic E-state index is -0.478. The number of nitrogens with one attached hydrogen (secondary N) is 3. The van der Waals surface area contributed by atoms with Gasteiger partial charge in [-0.1, -0.05) is 40.2 Å². The number of benzene rings is 3. The molecular formula is C25H23Br2N3O5S. The van der Waals surface area contributed by atoms with E-state index in [1.165, 1.54) is 0 Å². The van der Waals surface area contributed by atoms with Crippen LogP contribution in [0.4, 0.5) is 0 Å². The first-order valence-corrected chi connectivity index (χ1v) is 12.7. The van der Waals surface area contributed by atoms with Gasteiger partial charge in [-0.25, -0.2) is 0 Å². The molecule has 0 unspecified atom stereocenters. The molecule has 188 valence electrons. The van der Waals surface area contributed by atoms with Crippen LogP contribution in [0.1, 0.15) is 15.9 Å². The van der Waals surface area contributed by atoms with Gasteiger partial charge in [-0.05, 0) is 83.1 Å². The molecule has 0 spiro atoms. The second-order valence-electron chi connectivity index (χ2n) is 7.32. The second kappa shape index (κ2) is 13.8. The van der Waals surface area contributed by atoms with Crippen molar-refractivity contribution in [2.75, 3.05) is 19.8 Å². The summed E-state index contributed by atoms with van der Waals surface area (Å²) in [4.78, 5) is 24.6. The number of hydrogen-bond acceptors (Lipinski definition) is 6. The average molecular weight is 637 g/mol. The van der Waals surface area contributed by atoms with Crippen molar-refractivity contribution in [2.45, 2.75) is 6.92 Å². The highest BCUT2D eigenvalue weighted by Crippen LogP contribution is 2.32. The molecule has 0 aliphatic rings. The summed E-state index contributed by atoms with van der Waals surface area (Å²) in [7, 11) is 0. The summed E-state index contributed by atoms with van der Waals surface area (Å²) in [5.74, 6) is 0.883. The summed E-state index contributed by atoms with van der Waals surface area (Å²) >= 11 is 11.9. The van der Waals surface area contributed by atoms with Crippen molar-refractivity contribution >= 4 is 61.0 Å². The number of ether oxygens (including phenoxy) is 3. The third-order valence-electron chi connectivity index (χ3n) is 4.54. The molecule has 3 N–H and O–H groups in total. The molecule has 0 saturated heterocycles. The number of carbonyl (C=O) groups is 2.